The van der Waals surface area contributed by atoms with E-state index in [-0.39, 0.29) is 16.8 Å². The van der Waals surface area contributed by atoms with Crippen LogP contribution in [0.4, 0.5) is 5.13 Å². The van der Waals surface area contributed by atoms with Crippen LogP contribution in [0.3, 0.4) is 0 Å². The highest BCUT2D eigenvalue weighted by molar-refractivity contribution is 7.89. The molecular formula is C27H25N3O3S2. The van der Waals surface area contributed by atoms with Crippen LogP contribution in [0, 0.1) is 0 Å². The van der Waals surface area contributed by atoms with Crippen molar-refractivity contribution >= 4 is 43.2 Å². The molecule has 2 aliphatic rings. The molecule has 0 spiro atoms. The molecule has 0 unspecified atom stereocenters. The van der Waals surface area contributed by atoms with Crippen molar-refractivity contribution in [3.05, 3.63) is 66.2 Å². The van der Waals surface area contributed by atoms with Gasteiger partial charge in [0.15, 0.2) is 5.13 Å². The first-order valence-electron chi connectivity index (χ1n) is 11.9. The number of nitrogens with zero attached hydrogens (tertiary/aromatic N) is 2. The molecule has 1 amide bonds. The number of hydrogen-bond donors (Lipinski definition) is 1. The second-order valence-corrected chi connectivity index (χ2v) is 12.2. The lowest BCUT2D eigenvalue weighted by Gasteiger charge is -2.30. The van der Waals surface area contributed by atoms with Crippen LogP contribution in [-0.4, -0.2) is 36.7 Å². The highest BCUT2D eigenvalue weighted by atomic mass is 32.2. The number of aromatic nitrogens is 1. The van der Waals surface area contributed by atoms with Gasteiger partial charge in [-0.1, -0.05) is 67.0 Å². The van der Waals surface area contributed by atoms with Gasteiger partial charge in [-0.25, -0.2) is 13.4 Å². The first-order chi connectivity index (χ1) is 16.9. The van der Waals surface area contributed by atoms with Crippen molar-refractivity contribution in [2.45, 2.75) is 43.0 Å². The van der Waals surface area contributed by atoms with Gasteiger partial charge in [0, 0.05) is 29.8 Å². The molecule has 3 aromatic carbocycles. The summed E-state index contributed by atoms with van der Waals surface area (Å²) >= 11 is 1.46. The number of carbonyl (C=O) groups excluding carboxylic acids is 1. The standard InChI is InChI=1S/C27H25N3O3S2/c1-30(19-9-3-2-4-10-19)35(32,33)20-15-13-18(14-16-20)26(31)29-27-28-24-21-11-5-7-17-8-6-12-22(23(17)21)25(24)34-27/h5-8,11-16,19H,2-4,9-10H2,1H3,(H,28,29,31). The molecule has 1 heterocycles. The summed E-state index contributed by atoms with van der Waals surface area (Å²) in [5, 5.41) is 5.81. The molecule has 0 bridgehead atoms. The summed E-state index contributed by atoms with van der Waals surface area (Å²) in [6.07, 6.45) is 5.08. The van der Waals surface area contributed by atoms with Crippen molar-refractivity contribution in [1.29, 1.82) is 0 Å². The first-order valence-corrected chi connectivity index (χ1v) is 14.1. The summed E-state index contributed by atoms with van der Waals surface area (Å²) in [4.78, 5) is 18.9. The zero-order valence-electron chi connectivity index (χ0n) is 19.3. The van der Waals surface area contributed by atoms with Crippen LogP contribution in [0.5, 0.6) is 0 Å². The van der Waals surface area contributed by atoms with Gasteiger partial charge < -0.3 is 0 Å². The summed E-state index contributed by atoms with van der Waals surface area (Å²) in [5.41, 5.74) is 3.51. The third-order valence-electron chi connectivity index (χ3n) is 7.13. The van der Waals surface area contributed by atoms with Gasteiger partial charge in [0.1, 0.15) is 0 Å². The van der Waals surface area contributed by atoms with E-state index in [9.17, 15) is 13.2 Å². The Bertz CT molecular complexity index is 1500. The quantitative estimate of drug-likeness (QED) is 0.312. The largest absolute Gasteiger partial charge is 0.298 e. The molecule has 0 saturated heterocycles. The average Bonchev–Trinajstić information content (AvgIpc) is 3.43. The number of hydrogen-bond acceptors (Lipinski definition) is 5. The number of thiazole rings is 1. The Morgan fingerprint density at radius 2 is 1.66 bits per heavy atom. The lowest BCUT2D eigenvalue weighted by atomic mass is 9.96. The van der Waals surface area contributed by atoms with Crippen LogP contribution < -0.4 is 5.32 Å². The second-order valence-electron chi connectivity index (χ2n) is 9.20. The SMILES string of the molecule is CN(C1CCCCC1)S(=O)(=O)c1ccc(C(=O)Nc2nc3c(s2)-c2cccc4cccc-3c24)cc1. The van der Waals surface area contributed by atoms with Gasteiger partial charge in [-0.2, -0.15) is 4.31 Å². The summed E-state index contributed by atoms with van der Waals surface area (Å²) in [5.74, 6) is -0.312. The van der Waals surface area contributed by atoms with Gasteiger partial charge in [-0.3, -0.25) is 10.1 Å². The van der Waals surface area contributed by atoms with E-state index in [1.807, 2.05) is 12.1 Å². The lowest BCUT2D eigenvalue weighted by molar-refractivity contribution is 0.102. The molecule has 1 N–H and O–H groups in total. The zero-order valence-corrected chi connectivity index (χ0v) is 21.0. The van der Waals surface area contributed by atoms with Crippen LogP contribution in [-0.2, 0) is 10.0 Å². The van der Waals surface area contributed by atoms with Gasteiger partial charge in [0.2, 0.25) is 10.0 Å². The van der Waals surface area contributed by atoms with Gasteiger partial charge >= 0.3 is 0 Å². The summed E-state index contributed by atoms with van der Waals surface area (Å²) < 4.78 is 27.7. The minimum atomic E-state index is -3.59. The van der Waals surface area contributed by atoms with Crippen molar-refractivity contribution in [2.75, 3.05) is 12.4 Å². The molecule has 4 aromatic rings. The fourth-order valence-electron chi connectivity index (χ4n) is 5.22. The fourth-order valence-corrected chi connectivity index (χ4v) is 7.64. The predicted octanol–water partition coefficient (Wildman–Crippen LogP) is 6.15. The van der Waals surface area contributed by atoms with E-state index >= 15 is 0 Å². The van der Waals surface area contributed by atoms with E-state index in [4.69, 9.17) is 4.98 Å². The van der Waals surface area contributed by atoms with Crippen molar-refractivity contribution in [3.8, 4) is 21.7 Å². The number of carbonyl (C=O) groups is 1. The fraction of sp³-hybridized carbons (Fsp3) is 0.259. The van der Waals surface area contributed by atoms with E-state index in [1.54, 1.807) is 19.2 Å². The number of sulfonamides is 1. The van der Waals surface area contributed by atoms with E-state index in [0.717, 1.165) is 47.4 Å². The molecule has 6 rings (SSSR count). The van der Waals surface area contributed by atoms with E-state index in [0.29, 0.717) is 10.7 Å². The van der Waals surface area contributed by atoms with Crippen LogP contribution in [0.1, 0.15) is 42.5 Å². The van der Waals surface area contributed by atoms with E-state index < -0.39 is 10.0 Å². The predicted molar refractivity (Wildman–Crippen MR) is 140 cm³/mol. The lowest BCUT2D eigenvalue weighted by Crippen LogP contribution is -2.38. The van der Waals surface area contributed by atoms with Crippen LogP contribution in [0.25, 0.3) is 32.5 Å². The number of nitrogens with one attached hydrogen (secondary N) is 1. The maximum atomic E-state index is 13.1. The van der Waals surface area contributed by atoms with E-state index in [1.165, 1.54) is 45.0 Å². The molecule has 0 aliphatic heterocycles. The van der Waals surface area contributed by atoms with Crippen molar-refractivity contribution < 1.29 is 13.2 Å². The number of anilines is 1. The van der Waals surface area contributed by atoms with Crippen LogP contribution in [0.15, 0.2) is 65.6 Å². The number of amides is 1. The Morgan fingerprint density at radius 1 is 0.971 bits per heavy atom. The molecule has 0 atom stereocenters. The summed E-state index contributed by atoms with van der Waals surface area (Å²) in [6, 6.07) is 18.6. The minimum Gasteiger partial charge on any atom is -0.298 e. The second kappa shape index (κ2) is 8.55. The summed E-state index contributed by atoms with van der Waals surface area (Å²) in [6.45, 7) is 0. The Balaban J connectivity index is 1.21. The number of fused-ring (bicyclic) bond motifs is 3. The van der Waals surface area contributed by atoms with Gasteiger partial charge in [-0.15, -0.1) is 0 Å². The third kappa shape index (κ3) is 3.76. The minimum absolute atomic E-state index is 0.0413. The Hall–Kier alpha value is -3.07. The van der Waals surface area contributed by atoms with Crippen molar-refractivity contribution in [2.24, 2.45) is 0 Å². The van der Waals surface area contributed by atoms with Crippen molar-refractivity contribution in [1.82, 2.24) is 9.29 Å². The first kappa shape index (κ1) is 22.4. The van der Waals surface area contributed by atoms with E-state index in [2.05, 4.69) is 29.6 Å². The Labute approximate surface area is 208 Å². The maximum absolute atomic E-state index is 13.1. The molecule has 0 radical (unpaired) electrons. The molecule has 178 valence electrons. The van der Waals surface area contributed by atoms with Gasteiger partial charge in [0.25, 0.3) is 5.91 Å². The zero-order chi connectivity index (χ0) is 24.2. The highest BCUT2D eigenvalue weighted by Gasteiger charge is 2.29. The number of rotatable bonds is 5. The normalized spacial score (nSPS) is 15.5. The maximum Gasteiger partial charge on any atom is 0.257 e. The molecule has 1 aromatic heterocycles. The van der Waals surface area contributed by atoms with Crippen LogP contribution >= 0.6 is 11.3 Å². The summed E-state index contributed by atoms with van der Waals surface area (Å²) in [7, 11) is -1.93. The average molecular weight is 504 g/mol. The highest BCUT2D eigenvalue weighted by Crippen LogP contribution is 2.50. The molecule has 35 heavy (non-hydrogen) atoms. The monoisotopic (exact) mass is 503 g/mol. The van der Waals surface area contributed by atoms with Crippen molar-refractivity contribution in [3.63, 3.8) is 0 Å². The molecular weight excluding hydrogens is 478 g/mol. The van der Waals surface area contributed by atoms with Gasteiger partial charge in [-0.05, 0) is 47.9 Å². The molecule has 2 aliphatic carbocycles. The molecule has 1 saturated carbocycles. The Kier molecular flexibility index (Phi) is 5.47. The third-order valence-corrected chi connectivity index (χ3v) is 10.1. The molecule has 1 fully saturated rings. The Morgan fingerprint density at radius 3 is 2.37 bits per heavy atom. The van der Waals surface area contributed by atoms with Crippen LogP contribution in [0.2, 0.25) is 0 Å². The smallest absolute Gasteiger partial charge is 0.257 e. The number of benzene rings is 3. The molecule has 8 heteroatoms. The van der Waals surface area contributed by atoms with Gasteiger partial charge in [0.05, 0.1) is 15.5 Å². The topological polar surface area (TPSA) is 79.4 Å². The molecule has 6 nitrogen and oxygen atoms in total.